The van der Waals surface area contributed by atoms with Crippen molar-refractivity contribution in [3.63, 3.8) is 0 Å². The number of nitro groups is 1. The minimum atomic E-state index is -0.401. The van der Waals surface area contributed by atoms with Gasteiger partial charge in [0.2, 0.25) is 10.8 Å². The zero-order valence-electron chi connectivity index (χ0n) is 15.8. The number of aromatic nitrogens is 3. The van der Waals surface area contributed by atoms with Crippen molar-refractivity contribution in [3.8, 4) is 5.88 Å². The average Bonchev–Trinajstić information content (AvgIpc) is 3.20. The molecule has 1 aliphatic heterocycles. The third-order valence-electron chi connectivity index (χ3n) is 5.19. The van der Waals surface area contributed by atoms with Crippen LogP contribution in [0.1, 0.15) is 29.2 Å². The van der Waals surface area contributed by atoms with Gasteiger partial charge in [-0.2, -0.15) is 4.52 Å². The Morgan fingerprint density at radius 2 is 1.93 bits per heavy atom. The number of piperazine rings is 1. The number of aryl methyl sites for hydroxylation is 1. The monoisotopic (exact) mass is 402 g/mol. The maximum Gasteiger partial charge on any atom is 0.269 e. The van der Waals surface area contributed by atoms with Gasteiger partial charge in [-0.25, -0.2) is 4.98 Å². The van der Waals surface area contributed by atoms with Crippen molar-refractivity contribution in [2.24, 2.45) is 0 Å². The average molecular weight is 402 g/mol. The molecule has 0 saturated carbocycles. The largest absolute Gasteiger partial charge is 0.492 e. The van der Waals surface area contributed by atoms with E-state index in [1.54, 1.807) is 19.1 Å². The molecule has 3 heterocycles. The summed E-state index contributed by atoms with van der Waals surface area (Å²) in [5.74, 6) is 0.693. The summed E-state index contributed by atoms with van der Waals surface area (Å²) in [7, 11) is 0. The van der Waals surface area contributed by atoms with E-state index >= 15 is 0 Å². The molecule has 1 atom stereocenters. The highest BCUT2D eigenvalue weighted by molar-refractivity contribution is 7.17. The molecule has 1 N–H and O–H groups in total. The van der Waals surface area contributed by atoms with Crippen LogP contribution in [-0.4, -0.2) is 67.2 Å². The van der Waals surface area contributed by atoms with Crippen molar-refractivity contribution in [3.05, 3.63) is 50.6 Å². The molecule has 1 saturated heterocycles. The Bertz CT molecular complexity index is 991. The van der Waals surface area contributed by atoms with E-state index in [1.165, 1.54) is 28.0 Å². The molecule has 0 spiro atoms. The third-order valence-corrected chi connectivity index (χ3v) is 6.27. The zero-order chi connectivity index (χ0) is 19.8. The van der Waals surface area contributed by atoms with Gasteiger partial charge in [0.15, 0.2) is 0 Å². The van der Waals surface area contributed by atoms with Gasteiger partial charge < -0.3 is 10.0 Å². The van der Waals surface area contributed by atoms with Gasteiger partial charge in [-0.05, 0) is 19.0 Å². The van der Waals surface area contributed by atoms with E-state index in [2.05, 4.69) is 26.8 Å². The summed E-state index contributed by atoms with van der Waals surface area (Å²) in [5.41, 5.74) is 0.966. The second-order valence-corrected chi connectivity index (χ2v) is 7.87. The van der Waals surface area contributed by atoms with Crippen LogP contribution in [0, 0.1) is 17.0 Å². The first-order valence-corrected chi connectivity index (χ1v) is 10.1. The number of hydrogen-bond donors (Lipinski definition) is 1. The van der Waals surface area contributed by atoms with Crippen molar-refractivity contribution in [2.75, 3.05) is 32.7 Å². The van der Waals surface area contributed by atoms with Crippen LogP contribution in [0.4, 0.5) is 5.69 Å². The molecule has 10 heteroatoms. The highest BCUT2D eigenvalue weighted by atomic mass is 32.1. The van der Waals surface area contributed by atoms with Gasteiger partial charge in [-0.1, -0.05) is 30.4 Å². The second-order valence-electron chi connectivity index (χ2n) is 6.86. The van der Waals surface area contributed by atoms with Crippen LogP contribution < -0.4 is 0 Å². The van der Waals surface area contributed by atoms with E-state index in [9.17, 15) is 15.2 Å². The van der Waals surface area contributed by atoms with Gasteiger partial charge >= 0.3 is 0 Å². The van der Waals surface area contributed by atoms with Gasteiger partial charge in [0.25, 0.3) is 5.69 Å². The van der Waals surface area contributed by atoms with Crippen molar-refractivity contribution < 1.29 is 10.0 Å². The van der Waals surface area contributed by atoms with Gasteiger partial charge in [0.05, 0.1) is 15.8 Å². The lowest BCUT2D eigenvalue weighted by atomic mass is 10.0. The Morgan fingerprint density at radius 1 is 1.25 bits per heavy atom. The molecular weight excluding hydrogens is 380 g/mol. The van der Waals surface area contributed by atoms with Gasteiger partial charge in [-0.3, -0.25) is 15.0 Å². The molecule has 0 radical (unpaired) electrons. The minimum Gasteiger partial charge on any atom is -0.492 e. The topological polar surface area (TPSA) is 100 Å². The fourth-order valence-electron chi connectivity index (χ4n) is 3.67. The van der Waals surface area contributed by atoms with Crippen LogP contribution in [0.25, 0.3) is 4.96 Å². The quantitative estimate of drug-likeness (QED) is 0.517. The summed E-state index contributed by atoms with van der Waals surface area (Å²) in [6.07, 6.45) is 0. The summed E-state index contributed by atoms with van der Waals surface area (Å²) in [4.78, 5) is 21.1. The lowest BCUT2D eigenvalue weighted by Gasteiger charge is -2.38. The molecule has 3 aromatic rings. The van der Waals surface area contributed by atoms with E-state index in [-0.39, 0.29) is 17.6 Å². The van der Waals surface area contributed by atoms with Crippen molar-refractivity contribution in [1.29, 1.82) is 0 Å². The summed E-state index contributed by atoms with van der Waals surface area (Å²) in [6, 6.07) is 6.38. The van der Waals surface area contributed by atoms with Crippen LogP contribution in [-0.2, 0) is 0 Å². The minimum absolute atomic E-state index is 0.0563. The maximum absolute atomic E-state index is 11.0. The Morgan fingerprint density at radius 3 is 2.50 bits per heavy atom. The third kappa shape index (κ3) is 3.34. The number of aromatic hydroxyl groups is 1. The normalized spacial score (nSPS) is 17.2. The van der Waals surface area contributed by atoms with E-state index in [4.69, 9.17) is 0 Å². The van der Waals surface area contributed by atoms with E-state index in [0.717, 1.165) is 43.2 Å². The standard InChI is InChI=1S/C18H22N6O3S/c1-3-21-8-10-22(11-9-21)15(13-4-6-14(7-5-13)24(26)27)16-17(25)23-18(28-16)19-12(2)20-23/h4-7,15,25H,3,8-11H2,1-2H3/t15-/m0/s1. The molecule has 1 fully saturated rings. The van der Waals surface area contributed by atoms with Crippen molar-refractivity contribution in [1.82, 2.24) is 24.4 Å². The molecule has 1 aliphatic rings. The first kappa shape index (κ1) is 18.8. The summed E-state index contributed by atoms with van der Waals surface area (Å²) >= 11 is 1.41. The van der Waals surface area contributed by atoms with Crippen LogP contribution >= 0.6 is 11.3 Å². The van der Waals surface area contributed by atoms with Gasteiger partial charge in [-0.15, -0.1) is 5.10 Å². The molecule has 0 aliphatic carbocycles. The van der Waals surface area contributed by atoms with Crippen LogP contribution in [0.2, 0.25) is 0 Å². The molecule has 28 heavy (non-hydrogen) atoms. The molecule has 0 unspecified atom stereocenters. The summed E-state index contributed by atoms with van der Waals surface area (Å²) in [6.45, 7) is 8.54. The first-order chi connectivity index (χ1) is 13.5. The zero-order valence-corrected chi connectivity index (χ0v) is 16.6. The first-order valence-electron chi connectivity index (χ1n) is 9.23. The predicted octanol–water partition coefficient (Wildman–Crippen LogP) is 2.44. The lowest BCUT2D eigenvalue weighted by molar-refractivity contribution is -0.384. The number of hydrogen-bond acceptors (Lipinski definition) is 8. The molecule has 0 amide bonds. The predicted molar refractivity (Wildman–Crippen MR) is 106 cm³/mol. The van der Waals surface area contributed by atoms with Crippen LogP contribution in [0.3, 0.4) is 0 Å². The van der Waals surface area contributed by atoms with E-state index < -0.39 is 4.92 Å². The van der Waals surface area contributed by atoms with Crippen LogP contribution in [0.15, 0.2) is 24.3 Å². The molecule has 4 rings (SSSR count). The maximum atomic E-state index is 11.0. The Hall–Kier alpha value is -2.56. The molecule has 148 valence electrons. The Labute approximate surface area is 166 Å². The van der Waals surface area contributed by atoms with Gasteiger partial charge in [0, 0.05) is 38.3 Å². The number of fused-ring (bicyclic) bond motifs is 1. The molecule has 2 aromatic heterocycles. The fourth-order valence-corrected chi connectivity index (χ4v) is 4.83. The molecular formula is C18H22N6O3S. The Balaban J connectivity index is 1.75. The summed E-state index contributed by atoms with van der Waals surface area (Å²) in [5, 5.41) is 26.1. The summed E-state index contributed by atoms with van der Waals surface area (Å²) < 4.78 is 1.47. The van der Waals surface area contributed by atoms with E-state index in [1.807, 2.05) is 0 Å². The smallest absolute Gasteiger partial charge is 0.269 e. The highest BCUT2D eigenvalue weighted by Gasteiger charge is 2.31. The molecule has 9 nitrogen and oxygen atoms in total. The SMILES string of the molecule is CCN1CCN([C@@H](c2ccc([N+](=O)[O-])cc2)c2sc3nc(C)nn3c2O)CC1. The number of likely N-dealkylation sites (N-methyl/N-ethyl adjacent to an activating group) is 1. The highest BCUT2D eigenvalue weighted by Crippen LogP contribution is 2.40. The number of non-ortho nitro benzene ring substituents is 1. The van der Waals surface area contributed by atoms with Crippen LogP contribution in [0.5, 0.6) is 5.88 Å². The number of nitrogens with zero attached hydrogens (tertiary/aromatic N) is 6. The molecule has 0 bridgehead atoms. The number of nitro benzene ring substituents is 1. The number of thiazole rings is 1. The number of rotatable bonds is 5. The van der Waals surface area contributed by atoms with Crippen molar-refractivity contribution in [2.45, 2.75) is 19.9 Å². The van der Waals surface area contributed by atoms with Gasteiger partial charge in [0.1, 0.15) is 5.82 Å². The van der Waals surface area contributed by atoms with Crippen molar-refractivity contribution >= 4 is 22.0 Å². The number of benzene rings is 1. The Kier molecular flexibility index (Phi) is 5.00. The second kappa shape index (κ2) is 7.46. The molecule has 1 aromatic carbocycles. The fraction of sp³-hybridized carbons (Fsp3) is 0.444. The lowest BCUT2D eigenvalue weighted by Crippen LogP contribution is -2.47. The van der Waals surface area contributed by atoms with E-state index in [0.29, 0.717) is 10.8 Å².